The Morgan fingerprint density at radius 1 is 1.08 bits per heavy atom. The molecule has 2 aromatic rings. The third-order valence-corrected chi connectivity index (χ3v) is 3.57. The summed E-state index contributed by atoms with van der Waals surface area (Å²) in [4.78, 5) is 25.6. The van der Waals surface area contributed by atoms with E-state index < -0.39 is 0 Å². The Bertz CT molecular complexity index is 651. The van der Waals surface area contributed by atoms with Crippen LogP contribution in [0.5, 0.6) is 0 Å². The quantitative estimate of drug-likeness (QED) is 0.820. The van der Waals surface area contributed by atoms with Gasteiger partial charge < -0.3 is 20.0 Å². The van der Waals surface area contributed by atoms with Crippen molar-refractivity contribution in [3.05, 3.63) is 54.0 Å². The second-order valence-electron chi connectivity index (χ2n) is 5.40. The molecule has 2 N–H and O–H groups in total. The molecular weight excluding hydrogens is 306 g/mol. The zero-order valence-corrected chi connectivity index (χ0v) is 14.0. The van der Waals surface area contributed by atoms with E-state index in [-0.39, 0.29) is 11.9 Å². The number of hydrogen-bond donors (Lipinski definition) is 2. The second-order valence-corrected chi connectivity index (χ2v) is 5.40. The fraction of sp³-hybridized carbons (Fsp3) is 0.333. The summed E-state index contributed by atoms with van der Waals surface area (Å²) in [7, 11) is 0. The van der Waals surface area contributed by atoms with E-state index in [1.807, 2.05) is 32.0 Å². The molecule has 1 aromatic carbocycles. The van der Waals surface area contributed by atoms with Crippen LogP contribution in [0.1, 0.15) is 25.0 Å². The molecule has 0 radical (unpaired) electrons. The van der Waals surface area contributed by atoms with Gasteiger partial charge in [-0.15, -0.1) is 0 Å². The number of rotatable bonds is 7. The van der Waals surface area contributed by atoms with Crippen LogP contribution in [0.4, 0.5) is 10.5 Å². The van der Waals surface area contributed by atoms with E-state index in [4.69, 9.17) is 4.42 Å². The number of benzene rings is 1. The SMILES string of the molecule is CCNC(=O)Cc1ccc(NC(=O)N(CC)Cc2ccoc2)cc1. The summed E-state index contributed by atoms with van der Waals surface area (Å²) in [6.45, 7) is 5.52. The highest BCUT2D eigenvalue weighted by Gasteiger charge is 2.13. The van der Waals surface area contributed by atoms with Crippen molar-refractivity contribution in [1.29, 1.82) is 0 Å². The van der Waals surface area contributed by atoms with Crippen LogP contribution in [0.2, 0.25) is 0 Å². The maximum atomic E-state index is 12.3. The third kappa shape index (κ3) is 5.15. The molecule has 0 aliphatic carbocycles. The summed E-state index contributed by atoms with van der Waals surface area (Å²) < 4.78 is 5.03. The van der Waals surface area contributed by atoms with Crippen LogP contribution in [-0.4, -0.2) is 29.9 Å². The number of hydrogen-bond acceptors (Lipinski definition) is 3. The lowest BCUT2D eigenvalue weighted by Gasteiger charge is -2.20. The minimum absolute atomic E-state index is 0.00782. The standard InChI is InChI=1S/C18H23N3O3/c1-3-19-17(22)11-14-5-7-16(8-6-14)20-18(23)21(4-2)12-15-9-10-24-13-15/h5-10,13H,3-4,11-12H2,1-2H3,(H,19,22)(H,20,23). The number of nitrogens with one attached hydrogen (secondary N) is 2. The van der Waals surface area contributed by atoms with Crippen LogP contribution < -0.4 is 10.6 Å². The predicted octanol–water partition coefficient (Wildman–Crippen LogP) is 3.01. The van der Waals surface area contributed by atoms with Crippen LogP contribution in [0, 0.1) is 0 Å². The zero-order valence-electron chi connectivity index (χ0n) is 14.0. The Balaban J connectivity index is 1.91. The van der Waals surface area contributed by atoms with Crippen molar-refractivity contribution in [2.75, 3.05) is 18.4 Å². The van der Waals surface area contributed by atoms with Gasteiger partial charge in [0.25, 0.3) is 0 Å². The van der Waals surface area contributed by atoms with Crippen LogP contribution >= 0.6 is 0 Å². The Labute approximate surface area is 141 Å². The van der Waals surface area contributed by atoms with E-state index in [0.717, 1.165) is 11.1 Å². The molecule has 0 bridgehead atoms. The van der Waals surface area contributed by atoms with Gasteiger partial charge >= 0.3 is 6.03 Å². The molecule has 1 aromatic heterocycles. The molecule has 0 saturated heterocycles. The number of nitrogens with zero attached hydrogens (tertiary/aromatic N) is 1. The van der Waals surface area contributed by atoms with Gasteiger partial charge in [-0.3, -0.25) is 4.79 Å². The molecule has 3 amide bonds. The van der Waals surface area contributed by atoms with Crippen LogP contribution in [0.25, 0.3) is 0 Å². The summed E-state index contributed by atoms with van der Waals surface area (Å²) in [5, 5.41) is 5.63. The molecule has 6 heteroatoms. The van der Waals surface area contributed by atoms with Gasteiger partial charge in [-0.05, 0) is 37.6 Å². The summed E-state index contributed by atoms with van der Waals surface area (Å²) in [5.74, 6) is -0.00782. The van der Waals surface area contributed by atoms with Gasteiger partial charge in [-0.2, -0.15) is 0 Å². The maximum Gasteiger partial charge on any atom is 0.322 e. The molecule has 0 unspecified atom stereocenters. The number of likely N-dealkylation sites (N-methyl/N-ethyl adjacent to an activating group) is 1. The molecule has 24 heavy (non-hydrogen) atoms. The lowest BCUT2D eigenvalue weighted by molar-refractivity contribution is -0.120. The number of urea groups is 1. The Kier molecular flexibility index (Phi) is 6.42. The normalized spacial score (nSPS) is 10.2. The third-order valence-electron chi connectivity index (χ3n) is 3.57. The van der Waals surface area contributed by atoms with Crippen molar-refractivity contribution in [2.24, 2.45) is 0 Å². The largest absolute Gasteiger partial charge is 0.472 e. The smallest absolute Gasteiger partial charge is 0.322 e. The number of furan rings is 1. The van der Waals surface area contributed by atoms with Crippen molar-refractivity contribution in [3.63, 3.8) is 0 Å². The Morgan fingerprint density at radius 3 is 2.42 bits per heavy atom. The fourth-order valence-corrected chi connectivity index (χ4v) is 2.28. The first-order valence-electron chi connectivity index (χ1n) is 8.05. The van der Waals surface area contributed by atoms with E-state index >= 15 is 0 Å². The van der Waals surface area contributed by atoms with E-state index in [1.165, 1.54) is 0 Å². The Morgan fingerprint density at radius 2 is 1.83 bits per heavy atom. The first-order valence-corrected chi connectivity index (χ1v) is 8.05. The topological polar surface area (TPSA) is 74.6 Å². The molecule has 0 atom stereocenters. The van der Waals surface area contributed by atoms with Gasteiger partial charge in [-0.1, -0.05) is 12.1 Å². The van der Waals surface area contributed by atoms with Gasteiger partial charge in [0.05, 0.1) is 25.5 Å². The van der Waals surface area contributed by atoms with E-state index in [0.29, 0.717) is 31.7 Å². The Hall–Kier alpha value is -2.76. The number of carbonyl (C=O) groups excluding carboxylic acids is 2. The molecule has 1 heterocycles. The van der Waals surface area contributed by atoms with Crippen molar-refractivity contribution >= 4 is 17.6 Å². The highest BCUT2D eigenvalue weighted by atomic mass is 16.3. The predicted molar refractivity (Wildman–Crippen MR) is 92.6 cm³/mol. The lowest BCUT2D eigenvalue weighted by atomic mass is 10.1. The molecule has 2 rings (SSSR count). The van der Waals surface area contributed by atoms with E-state index in [9.17, 15) is 9.59 Å². The summed E-state index contributed by atoms with van der Waals surface area (Å²) in [6, 6.07) is 8.96. The van der Waals surface area contributed by atoms with Crippen LogP contribution in [0.3, 0.4) is 0 Å². The molecule has 0 aliphatic heterocycles. The van der Waals surface area contributed by atoms with Crippen molar-refractivity contribution in [1.82, 2.24) is 10.2 Å². The van der Waals surface area contributed by atoms with Crippen molar-refractivity contribution < 1.29 is 14.0 Å². The maximum absolute atomic E-state index is 12.3. The van der Waals surface area contributed by atoms with Crippen LogP contribution in [-0.2, 0) is 17.8 Å². The second kappa shape index (κ2) is 8.76. The van der Waals surface area contributed by atoms with Gasteiger partial charge in [0, 0.05) is 24.3 Å². The molecule has 0 spiro atoms. The number of anilines is 1. The van der Waals surface area contributed by atoms with Gasteiger partial charge in [0.15, 0.2) is 0 Å². The average molecular weight is 329 g/mol. The van der Waals surface area contributed by atoms with E-state index in [1.54, 1.807) is 29.6 Å². The molecular formula is C18H23N3O3. The minimum atomic E-state index is -0.171. The summed E-state index contributed by atoms with van der Waals surface area (Å²) in [5.41, 5.74) is 2.55. The van der Waals surface area contributed by atoms with Gasteiger partial charge in [0.2, 0.25) is 5.91 Å². The van der Waals surface area contributed by atoms with E-state index in [2.05, 4.69) is 10.6 Å². The highest BCUT2D eigenvalue weighted by molar-refractivity contribution is 5.89. The molecule has 0 fully saturated rings. The highest BCUT2D eigenvalue weighted by Crippen LogP contribution is 2.12. The average Bonchev–Trinajstić information content (AvgIpc) is 3.07. The number of amides is 3. The fourth-order valence-electron chi connectivity index (χ4n) is 2.28. The zero-order chi connectivity index (χ0) is 17.4. The number of carbonyl (C=O) groups is 2. The summed E-state index contributed by atoms with van der Waals surface area (Å²) in [6.07, 6.45) is 3.56. The molecule has 6 nitrogen and oxygen atoms in total. The molecule has 0 saturated carbocycles. The van der Waals surface area contributed by atoms with Crippen LogP contribution in [0.15, 0.2) is 47.3 Å². The first kappa shape index (κ1) is 17.6. The monoisotopic (exact) mass is 329 g/mol. The first-order chi connectivity index (χ1) is 11.6. The summed E-state index contributed by atoms with van der Waals surface area (Å²) >= 11 is 0. The van der Waals surface area contributed by atoms with Crippen molar-refractivity contribution in [3.8, 4) is 0 Å². The molecule has 0 aliphatic rings. The minimum Gasteiger partial charge on any atom is -0.472 e. The van der Waals surface area contributed by atoms with Gasteiger partial charge in [0.1, 0.15) is 0 Å². The van der Waals surface area contributed by atoms with Gasteiger partial charge in [-0.25, -0.2) is 4.79 Å². The molecule has 128 valence electrons. The van der Waals surface area contributed by atoms with Crippen molar-refractivity contribution in [2.45, 2.75) is 26.8 Å². The lowest BCUT2D eigenvalue weighted by Crippen LogP contribution is -2.34.